The minimum Gasteiger partial charge on any atom is -0.352 e. The van der Waals surface area contributed by atoms with Crippen LogP contribution in [0.3, 0.4) is 0 Å². The van der Waals surface area contributed by atoms with E-state index in [1.165, 1.54) is 0 Å². The van der Waals surface area contributed by atoms with Crippen molar-refractivity contribution in [2.24, 2.45) is 0 Å². The maximum Gasteiger partial charge on any atom is 0.251 e. The summed E-state index contributed by atoms with van der Waals surface area (Å²) in [5, 5.41) is 11.5. The second kappa shape index (κ2) is 6.31. The monoisotopic (exact) mass is 251 g/mol. The summed E-state index contributed by atoms with van der Waals surface area (Å²) in [6.45, 7) is 0.572. The lowest BCUT2D eigenvalue weighted by Crippen LogP contribution is -2.25. The number of nitriles is 1. The fourth-order valence-corrected chi connectivity index (χ4v) is 1.67. The minimum atomic E-state index is -0.126. The molecule has 0 aliphatic carbocycles. The van der Waals surface area contributed by atoms with Gasteiger partial charge in [0.2, 0.25) is 0 Å². The zero-order valence-electron chi connectivity index (χ0n) is 10.3. The number of hydrogen-bond acceptors (Lipinski definition) is 3. The molecule has 1 heterocycles. The Kier molecular flexibility index (Phi) is 4.25. The van der Waals surface area contributed by atoms with Crippen LogP contribution in [-0.4, -0.2) is 17.4 Å². The van der Waals surface area contributed by atoms with E-state index in [2.05, 4.69) is 10.3 Å². The third kappa shape index (κ3) is 3.65. The zero-order valence-corrected chi connectivity index (χ0v) is 10.3. The van der Waals surface area contributed by atoms with Crippen molar-refractivity contribution in [3.8, 4) is 6.07 Å². The lowest BCUT2D eigenvalue weighted by atomic mass is 10.1. The molecule has 0 fully saturated rings. The number of benzene rings is 1. The molecule has 1 amide bonds. The van der Waals surface area contributed by atoms with Crippen LogP contribution in [0.4, 0.5) is 0 Å². The van der Waals surface area contributed by atoms with E-state index >= 15 is 0 Å². The Labute approximate surface area is 111 Å². The number of hydrogen-bond donors (Lipinski definition) is 1. The highest BCUT2D eigenvalue weighted by Crippen LogP contribution is 2.03. The van der Waals surface area contributed by atoms with Gasteiger partial charge in [-0.05, 0) is 48.4 Å². The van der Waals surface area contributed by atoms with Crippen molar-refractivity contribution in [2.45, 2.75) is 6.42 Å². The number of aromatic nitrogens is 1. The van der Waals surface area contributed by atoms with Crippen LogP contribution < -0.4 is 5.32 Å². The van der Waals surface area contributed by atoms with Gasteiger partial charge in [-0.3, -0.25) is 9.78 Å². The van der Waals surface area contributed by atoms with Crippen LogP contribution in [0.5, 0.6) is 0 Å². The van der Waals surface area contributed by atoms with E-state index in [0.29, 0.717) is 17.7 Å². The number of pyridine rings is 1. The Morgan fingerprint density at radius 2 is 1.84 bits per heavy atom. The molecule has 0 bridgehead atoms. The van der Waals surface area contributed by atoms with Crippen LogP contribution in [-0.2, 0) is 6.42 Å². The third-order valence-corrected chi connectivity index (χ3v) is 2.72. The molecule has 2 rings (SSSR count). The summed E-state index contributed by atoms with van der Waals surface area (Å²) in [6.07, 6.45) is 4.24. The fourth-order valence-electron chi connectivity index (χ4n) is 1.67. The van der Waals surface area contributed by atoms with Gasteiger partial charge >= 0.3 is 0 Å². The van der Waals surface area contributed by atoms with Crippen LogP contribution in [0.2, 0.25) is 0 Å². The predicted molar refractivity (Wildman–Crippen MR) is 71.4 cm³/mol. The van der Waals surface area contributed by atoms with Gasteiger partial charge < -0.3 is 5.32 Å². The minimum absolute atomic E-state index is 0.126. The van der Waals surface area contributed by atoms with Gasteiger partial charge in [0.1, 0.15) is 0 Å². The number of rotatable bonds is 4. The Balaban J connectivity index is 1.86. The summed E-state index contributed by atoms with van der Waals surface area (Å²) in [6, 6.07) is 12.4. The van der Waals surface area contributed by atoms with Gasteiger partial charge in [0, 0.05) is 24.5 Å². The smallest absolute Gasteiger partial charge is 0.251 e. The third-order valence-electron chi connectivity index (χ3n) is 2.72. The van der Waals surface area contributed by atoms with E-state index in [9.17, 15) is 4.79 Å². The molecule has 1 N–H and O–H groups in total. The van der Waals surface area contributed by atoms with Crippen LogP contribution in [0.1, 0.15) is 21.5 Å². The van der Waals surface area contributed by atoms with Crippen LogP contribution in [0, 0.1) is 11.3 Å². The van der Waals surface area contributed by atoms with Crippen molar-refractivity contribution in [1.82, 2.24) is 10.3 Å². The SMILES string of the molecule is N#Cc1ccc(C(=O)NCCc2ccncc2)cc1. The number of carbonyl (C=O) groups is 1. The standard InChI is InChI=1S/C15H13N3O/c16-11-13-1-3-14(4-2-13)15(19)18-10-7-12-5-8-17-9-6-12/h1-6,8-9H,7,10H2,(H,18,19). The summed E-state index contributed by atoms with van der Waals surface area (Å²) in [5.41, 5.74) is 2.25. The second-order valence-corrected chi connectivity index (χ2v) is 4.05. The molecule has 0 spiro atoms. The Hall–Kier alpha value is -2.67. The zero-order chi connectivity index (χ0) is 13.5. The van der Waals surface area contributed by atoms with Gasteiger partial charge in [-0.15, -0.1) is 0 Å². The van der Waals surface area contributed by atoms with Crippen LogP contribution >= 0.6 is 0 Å². The molecular formula is C15H13N3O. The predicted octanol–water partition coefficient (Wildman–Crippen LogP) is 1.93. The molecule has 0 atom stereocenters. The number of amides is 1. The topological polar surface area (TPSA) is 65.8 Å². The molecule has 0 unspecified atom stereocenters. The van der Waals surface area contributed by atoms with E-state index in [1.54, 1.807) is 36.7 Å². The summed E-state index contributed by atoms with van der Waals surface area (Å²) >= 11 is 0. The molecule has 0 radical (unpaired) electrons. The highest BCUT2D eigenvalue weighted by Gasteiger charge is 2.04. The molecule has 0 aliphatic heterocycles. The van der Waals surface area contributed by atoms with Gasteiger partial charge in [0.15, 0.2) is 0 Å². The molecule has 2 aromatic rings. The van der Waals surface area contributed by atoms with Gasteiger partial charge in [0.25, 0.3) is 5.91 Å². The van der Waals surface area contributed by atoms with Gasteiger partial charge in [-0.1, -0.05) is 0 Å². The van der Waals surface area contributed by atoms with E-state index in [0.717, 1.165) is 12.0 Å². The van der Waals surface area contributed by atoms with E-state index in [-0.39, 0.29) is 5.91 Å². The van der Waals surface area contributed by atoms with Crippen LogP contribution in [0.15, 0.2) is 48.8 Å². The average Bonchev–Trinajstić information content (AvgIpc) is 2.48. The van der Waals surface area contributed by atoms with E-state index in [1.807, 2.05) is 18.2 Å². The summed E-state index contributed by atoms with van der Waals surface area (Å²) < 4.78 is 0. The lowest BCUT2D eigenvalue weighted by molar-refractivity contribution is 0.0954. The van der Waals surface area contributed by atoms with Crippen molar-refractivity contribution in [3.63, 3.8) is 0 Å². The first-order valence-corrected chi connectivity index (χ1v) is 5.97. The molecule has 0 saturated heterocycles. The molecular weight excluding hydrogens is 238 g/mol. The molecule has 4 nitrogen and oxygen atoms in total. The van der Waals surface area contributed by atoms with Crippen molar-refractivity contribution in [1.29, 1.82) is 5.26 Å². The molecule has 1 aromatic heterocycles. The maximum atomic E-state index is 11.8. The largest absolute Gasteiger partial charge is 0.352 e. The molecule has 1 aromatic carbocycles. The van der Waals surface area contributed by atoms with Gasteiger partial charge in [-0.2, -0.15) is 5.26 Å². The van der Waals surface area contributed by atoms with E-state index in [4.69, 9.17) is 5.26 Å². The Morgan fingerprint density at radius 1 is 1.16 bits per heavy atom. The Bertz CT molecular complexity index is 585. The number of nitrogens with zero attached hydrogens (tertiary/aromatic N) is 2. The normalized spacial score (nSPS) is 9.63. The number of nitrogens with one attached hydrogen (secondary N) is 1. The van der Waals surface area contributed by atoms with Crippen molar-refractivity contribution < 1.29 is 4.79 Å². The van der Waals surface area contributed by atoms with Crippen molar-refractivity contribution in [3.05, 3.63) is 65.5 Å². The van der Waals surface area contributed by atoms with E-state index < -0.39 is 0 Å². The van der Waals surface area contributed by atoms with Crippen molar-refractivity contribution in [2.75, 3.05) is 6.54 Å². The highest BCUT2D eigenvalue weighted by molar-refractivity contribution is 5.94. The van der Waals surface area contributed by atoms with Gasteiger partial charge in [0.05, 0.1) is 11.6 Å². The molecule has 94 valence electrons. The first kappa shape index (κ1) is 12.8. The fraction of sp³-hybridized carbons (Fsp3) is 0.133. The maximum absolute atomic E-state index is 11.8. The lowest BCUT2D eigenvalue weighted by Gasteiger charge is -2.05. The first-order chi connectivity index (χ1) is 9.29. The highest BCUT2D eigenvalue weighted by atomic mass is 16.1. The van der Waals surface area contributed by atoms with Crippen LogP contribution in [0.25, 0.3) is 0 Å². The molecule has 19 heavy (non-hydrogen) atoms. The quantitative estimate of drug-likeness (QED) is 0.902. The Morgan fingerprint density at radius 3 is 2.47 bits per heavy atom. The number of carbonyl (C=O) groups excluding carboxylic acids is 1. The average molecular weight is 251 g/mol. The molecule has 0 saturated carbocycles. The second-order valence-electron chi connectivity index (χ2n) is 4.05. The molecule has 0 aliphatic rings. The summed E-state index contributed by atoms with van der Waals surface area (Å²) in [4.78, 5) is 15.8. The first-order valence-electron chi connectivity index (χ1n) is 5.97. The van der Waals surface area contributed by atoms with Crippen molar-refractivity contribution >= 4 is 5.91 Å². The summed E-state index contributed by atoms with van der Waals surface area (Å²) in [5.74, 6) is -0.126. The summed E-state index contributed by atoms with van der Waals surface area (Å²) in [7, 11) is 0. The van der Waals surface area contributed by atoms with Gasteiger partial charge in [-0.25, -0.2) is 0 Å². The molecule has 4 heteroatoms.